The second-order valence-corrected chi connectivity index (χ2v) is 10.6. The highest BCUT2D eigenvalue weighted by molar-refractivity contribution is 7.20. The predicted molar refractivity (Wildman–Crippen MR) is 153 cm³/mol. The van der Waals surface area contributed by atoms with Crippen LogP contribution < -0.4 is 21.7 Å². The van der Waals surface area contributed by atoms with Crippen molar-refractivity contribution in [3.05, 3.63) is 65.2 Å². The summed E-state index contributed by atoms with van der Waals surface area (Å²) in [5.41, 5.74) is 7.15. The second-order valence-electron chi connectivity index (χ2n) is 9.62. The van der Waals surface area contributed by atoms with Crippen LogP contribution in [-0.4, -0.2) is 71.7 Å². The molecule has 0 saturated carbocycles. The standard InChI is InChI=1S/C28H35N7O3S/c1-31-21(17-18-9-3-2-4-10-18)27(38)35-16-8-13-22(35)25(37)33-20(12-7-15-32-28(29)30)24(36)26-34-19-11-5-6-14-23(19)39-26/h2-6,9-11,14,20-22,31H,7-8,12-13,15-17H2,1H3,(H,33,37)(H4,29,30,32)/t20?,21-,22+/m1/s1. The van der Waals surface area contributed by atoms with E-state index in [1.807, 2.05) is 54.6 Å². The molecular weight excluding hydrogens is 514 g/mol. The van der Waals surface area contributed by atoms with Gasteiger partial charge in [0.25, 0.3) is 0 Å². The summed E-state index contributed by atoms with van der Waals surface area (Å²) in [5, 5.41) is 16.5. The molecule has 1 aromatic heterocycles. The maximum absolute atomic E-state index is 13.5. The Morgan fingerprint density at radius 1 is 1.13 bits per heavy atom. The molecule has 1 unspecified atom stereocenters. The van der Waals surface area contributed by atoms with Crippen molar-refractivity contribution in [3.8, 4) is 0 Å². The molecule has 11 heteroatoms. The number of nitrogens with one attached hydrogen (secondary N) is 4. The summed E-state index contributed by atoms with van der Waals surface area (Å²) in [6.07, 6.45) is 2.61. The number of nitrogens with zero attached hydrogens (tertiary/aromatic N) is 2. The topological polar surface area (TPSA) is 153 Å². The lowest BCUT2D eigenvalue weighted by molar-refractivity contribution is -0.140. The van der Waals surface area contributed by atoms with Gasteiger partial charge in [0.1, 0.15) is 6.04 Å². The van der Waals surface area contributed by atoms with Crippen LogP contribution in [0.25, 0.3) is 10.2 Å². The molecule has 1 aliphatic heterocycles. The quantitative estimate of drug-likeness (QED) is 0.100. The van der Waals surface area contributed by atoms with Crippen molar-refractivity contribution in [1.82, 2.24) is 25.8 Å². The van der Waals surface area contributed by atoms with Crippen LogP contribution in [0.15, 0.2) is 54.6 Å². The van der Waals surface area contributed by atoms with Crippen molar-refractivity contribution in [2.75, 3.05) is 20.1 Å². The van der Waals surface area contributed by atoms with Crippen LogP contribution in [-0.2, 0) is 16.0 Å². The number of hydrogen-bond donors (Lipinski definition) is 5. The highest BCUT2D eigenvalue weighted by Gasteiger charge is 2.38. The van der Waals surface area contributed by atoms with Crippen molar-refractivity contribution in [2.45, 2.75) is 50.2 Å². The van der Waals surface area contributed by atoms with E-state index in [0.717, 1.165) is 15.8 Å². The number of carbonyl (C=O) groups excluding carboxylic acids is 3. The number of nitrogens with two attached hydrogens (primary N) is 1. The maximum atomic E-state index is 13.5. The van der Waals surface area contributed by atoms with E-state index in [0.29, 0.717) is 50.2 Å². The zero-order valence-electron chi connectivity index (χ0n) is 22.0. The zero-order valence-corrected chi connectivity index (χ0v) is 22.8. The average molecular weight is 550 g/mol. The SMILES string of the molecule is CN[C@H](Cc1ccccc1)C(=O)N1CCC[C@H]1C(=O)NC(CCCNC(=N)N)C(=O)c1nc2ccccc2s1. The molecule has 0 spiro atoms. The number of carbonyl (C=O) groups is 3. The van der Waals surface area contributed by atoms with Gasteiger partial charge in [0.05, 0.1) is 22.3 Å². The minimum Gasteiger partial charge on any atom is -0.370 e. The Bertz CT molecular complexity index is 1280. The number of likely N-dealkylation sites (N-methyl/N-ethyl adjacent to an activating group) is 1. The maximum Gasteiger partial charge on any atom is 0.243 e. The Morgan fingerprint density at radius 2 is 1.87 bits per heavy atom. The molecule has 3 aromatic rings. The molecule has 206 valence electrons. The molecule has 4 rings (SSSR count). The van der Waals surface area contributed by atoms with Gasteiger partial charge >= 0.3 is 0 Å². The van der Waals surface area contributed by atoms with Crippen LogP contribution in [0.5, 0.6) is 0 Å². The van der Waals surface area contributed by atoms with E-state index >= 15 is 0 Å². The molecule has 1 saturated heterocycles. The van der Waals surface area contributed by atoms with E-state index in [9.17, 15) is 14.4 Å². The van der Waals surface area contributed by atoms with Gasteiger partial charge in [-0.3, -0.25) is 19.8 Å². The molecule has 0 aliphatic carbocycles. The lowest BCUT2D eigenvalue weighted by Gasteiger charge is -2.29. The molecule has 0 bridgehead atoms. The van der Waals surface area contributed by atoms with Gasteiger partial charge in [-0.2, -0.15) is 0 Å². The number of ketones is 1. The summed E-state index contributed by atoms with van der Waals surface area (Å²) in [5.74, 6) is -0.878. The predicted octanol–water partition coefficient (Wildman–Crippen LogP) is 2.05. The lowest BCUT2D eigenvalue weighted by Crippen LogP contribution is -2.54. The Morgan fingerprint density at radius 3 is 2.59 bits per heavy atom. The molecule has 2 heterocycles. The van der Waals surface area contributed by atoms with Gasteiger partial charge in [0.2, 0.25) is 17.6 Å². The molecule has 3 atom stereocenters. The number of thiazole rings is 1. The van der Waals surface area contributed by atoms with Gasteiger partial charge in [-0.15, -0.1) is 11.3 Å². The Hall–Kier alpha value is -3.83. The smallest absolute Gasteiger partial charge is 0.243 e. The lowest BCUT2D eigenvalue weighted by atomic mass is 10.0. The van der Waals surface area contributed by atoms with Crippen LogP contribution >= 0.6 is 11.3 Å². The Kier molecular flexibility index (Phi) is 9.61. The fraction of sp³-hybridized carbons (Fsp3) is 0.393. The largest absolute Gasteiger partial charge is 0.370 e. The van der Waals surface area contributed by atoms with Crippen molar-refractivity contribution >= 4 is 45.1 Å². The van der Waals surface area contributed by atoms with E-state index in [-0.39, 0.29) is 23.6 Å². The van der Waals surface area contributed by atoms with Gasteiger partial charge in [-0.1, -0.05) is 42.5 Å². The zero-order chi connectivity index (χ0) is 27.8. The molecule has 1 fully saturated rings. The Labute approximate surface area is 231 Å². The minimum absolute atomic E-state index is 0.126. The summed E-state index contributed by atoms with van der Waals surface area (Å²) < 4.78 is 0.897. The molecule has 1 aliphatic rings. The molecule has 0 radical (unpaired) electrons. The van der Waals surface area contributed by atoms with Crippen molar-refractivity contribution in [2.24, 2.45) is 5.73 Å². The van der Waals surface area contributed by atoms with E-state index in [4.69, 9.17) is 11.1 Å². The minimum atomic E-state index is -0.811. The molecule has 6 N–H and O–H groups in total. The van der Waals surface area contributed by atoms with Gasteiger partial charge in [-0.05, 0) is 56.8 Å². The number of guanidine groups is 1. The normalized spacial score (nSPS) is 16.5. The number of para-hydroxylation sites is 1. The number of Topliss-reactive ketones (excluding diaryl/α,β-unsaturated/α-hetero) is 1. The molecular formula is C28H35N7O3S. The van der Waals surface area contributed by atoms with E-state index in [1.54, 1.807) is 11.9 Å². The molecule has 39 heavy (non-hydrogen) atoms. The molecule has 2 aromatic carbocycles. The Balaban J connectivity index is 1.47. The number of likely N-dealkylation sites (tertiary alicyclic amines) is 1. The molecule has 10 nitrogen and oxygen atoms in total. The number of rotatable bonds is 12. The summed E-state index contributed by atoms with van der Waals surface area (Å²) in [4.78, 5) is 46.6. The van der Waals surface area contributed by atoms with Crippen LogP contribution in [0.3, 0.4) is 0 Å². The van der Waals surface area contributed by atoms with E-state index in [1.165, 1.54) is 11.3 Å². The van der Waals surface area contributed by atoms with Crippen LogP contribution in [0.2, 0.25) is 0 Å². The first-order valence-electron chi connectivity index (χ1n) is 13.2. The van der Waals surface area contributed by atoms with E-state index < -0.39 is 18.1 Å². The third-order valence-corrected chi connectivity index (χ3v) is 7.94. The average Bonchev–Trinajstić information content (AvgIpc) is 3.61. The highest BCUT2D eigenvalue weighted by atomic mass is 32.1. The summed E-state index contributed by atoms with van der Waals surface area (Å²) >= 11 is 1.30. The van der Waals surface area contributed by atoms with Crippen molar-refractivity contribution < 1.29 is 14.4 Å². The third kappa shape index (κ3) is 7.18. The third-order valence-electron chi connectivity index (χ3n) is 6.89. The number of fused-ring (bicyclic) bond motifs is 1. The van der Waals surface area contributed by atoms with Crippen molar-refractivity contribution in [1.29, 1.82) is 5.41 Å². The first kappa shape index (κ1) is 28.2. The second kappa shape index (κ2) is 13.3. The molecule has 2 amide bonds. The first-order chi connectivity index (χ1) is 18.9. The van der Waals surface area contributed by atoms with Gasteiger partial charge < -0.3 is 26.6 Å². The van der Waals surface area contributed by atoms with Crippen LogP contribution in [0.1, 0.15) is 41.0 Å². The van der Waals surface area contributed by atoms with Gasteiger partial charge in [0, 0.05) is 13.1 Å². The fourth-order valence-electron chi connectivity index (χ4n) is 4.86. The first-order valence-corrected chi connectivity index (χ1v) is 14.0. The number of benzene rings is 2. The highest BCUT2D eigenvalue weighted by Crippen LogP contribution is 2.24. The fourth-order valence-corrected chi connectivity index (χ4v) is 5.82. The number of hydrogen-bond acceptors (Lipinski definition) is 7. The number of aromatic nitrogens is 1. The van der Waals surface area contributed by atoms with E-state index in [2.05, 4.69) is 20.9 Å². The summed E-state index contributed by atoms with van der Waals surface area (Å²) in [6, 6.07) is 15.4. The van der Waals surface area contributed by atoms with Crippen molar-refractivity contribution in [3.63, 3.8) is 0 Å². The van der Waals surface area contributed by atoms with Gasteiger partial charge in [-0.25, -0.2) is 4.98 Å². The van der Waals surface area contributed by atoms with Crippen LogP contribution in [0, 0.1) is 5.41 Å². The monoisotopic (exact) mass is 549 g/mol. The summed E-state index contributed by atoms with van der Waals surface area (Å²) in [7, 11) is 1.75. The number of amides is 2. The van der Waals surface area contributed by atoms with Crippen LogP contribution in [0.4, 0.5) is 0 Å². The van der Waals surface area contributed by atoms with Gasteiger partial charge in [0.15, 0.2) is 11.0 Å². The summed E-state index contributed by atoms with van der Waals surface area (Å²) in [6.45, 7) is 0.884.